The SMILES string of the molecule is CC(C)c1ccc(S(=O)(=O)c2cc(S(=O)(=O)c3ccccc3)ccc2O)cc1. The van der Waals surface area contributed by atoms with Crippen molar-refractivity contribution in [3.63, 3.8) is 0 Å². The van der Waals surface area contributed by atoms with Crippen molar-refractivity contribution in [1.29, 1.82) is 0 Å². The van der Waals surface area contributed by atoms with Crippen LogP contribution in [0.2, 0.25) is 0 Å². The van der Waals surface area contributed by atoms with Crippen molar-refractivity contribution in [2.75, 3.05) is 0 Å². The van der Waals surface area contributed by atoms with E-state index in [-0.39, 0.29) is 20.6 Å². The molecule has 0 radical (unpaired) electrons. The smallest absolute Gasteiger partial charge is 0.210 e. The molecule has 0 saturated heterocycles. The molecule has 0 aliphatic heterocycles. The highest BCUT2D eigenvalue weighted by Gasteiger charge is 2.26. The molecule has 7 heteroatoms. The maximum atomic E-state index is 13.0. The van der Waals surface area contributed by atoms with Gasteiger partial charge in [-0.05, 0) is 53.9 Å². The van der Waals surface area contributed by atoms with Crippen molar-refractivity contribution < 1.29 is 21.9 Å². The number of phenolic OH excluding ortho intramolecular Hbond substituents is 1. The fraction of sp³-hybridized carbons (Fsp3) is 0.143. The minimum Gasteiger partial charge on any atom is -0.507 e. The summed E-state index contributed by atoms with van der Waals surface area (Å²) < 4.78 is 51.6. The van der Waals surface area contributed by atoms with E-state index >= 15 is 0 Å². The number of benzene rings is 3. The second-order valence-corrected chi connectivity index (χ2v) is 10.5. The van der Waals surface area contributed by atoms with Crippen LogP contribution in [0.3, 0.4) is 0 Å². The molecule has 146 valence electrons. The summed E-state index contributed by atoms with van der Waals surface area (Å²) in [5, 5.41) is 10.1. The standard InChI is InChI=1S/C21H20O5S2/c1-15(2)16-8-10-18(11-9-16)28(25,26)21-14-19(12-13-20(21)22)27(23,24)17-6-4-3-5-7-17/h3-15,22H,1-2H3. The molecule has 0 aliphatic rings. The molecule has 5 nitrogen and oxygen atoms in total. The normalized spacial score (nSPS) is 12.2. The van der Waals surface area contributed by atoms with Gasteiger partial charge in [0, 0.05) is 0 Å². The number of aromatic hydroxyl groups is 1. The second kappa shape index (κ2) is 7.41. The van der Waals surface area contributed by atoms with Crippen molar-refractivity contribution in [2.24, 2.45) is 0 Å². The molecule has 3 aromatic rings. The molecule has 0 aliphatic carbocycles. The molecule has 0 heterocycles. The van der Waals surface area contributed by atoms with Crippen LogP contribution in [0.25, 0.3) is 0 Å². The maximum Gasteiger partial charge on any atom is 0.210 e. The van der Waals surface area contributed by atoms with Crippen LogP contribution in [-0.2, 0) is 19.7 Å². The molecule has 0 atom stereocenters. The van der Waals surface area contributed by atoms with Gasteiger partial charge in [-0.15, -0.1) is 0 Å². The summed E-state index contributed by atoms with van der Waals surface area (Å²) in [7, 11) is -8.01. The molecule has 3 rings (SSSR count). The topological polar surface area (TPSA) is 88.5 Å². The van der Waals surface area contributed by atoms with E-state index in [4.69, 9.17) is 0 Å². The van der Waals surface area contributed by atoms with E-state index in [9.17, 15) is 21.9 Å². The van der Waals surface area contributed by atoms with Crippen molar-refractivity contribution in [3.8, 4) is 5.75 Å². The largest absolute Gasteiger partial charge is 0.507 e. The monoisotopic (exact) mass is 416 g/mol. The predicted octanol–water partition coefficient (Wildman–Crippen LogP) is 4.18. The molecule has 3 aromatic carbocycles. The maximum absolute atomic E-state index is 13.0. The zero-order chi connectivity index (χ0) is 20.5. The van der Waals surface area contributed by atoms with Gasteiger partial charge in [-0.1, -0.05) is 44.2 Å². The molecule has 0 unspecified atom stereocenters. The van der Waals surface area contributed by atoms with Crippen LogP contribution < -0.4 is 0 Å². The third-order valence-corrected chi connectivity index (χ3v) is 8.01. The molecule has 0 fully saturated rings. The Morgan fingerprint density at radius 1 is 0.679 bits per heavy atom. The first-order chi connectivity index (χ1) is 13.1. The minimum atomic E-state index is -4.09. The van der Waals surface area contributed by atoms with Crippen LogP contribution in [0, 0.1) is 0 Å². The zero-order valence-corrected chi connectivity index (χ0v) is 17.0. The van der Waals surface area contributed by atoms with Gasteiger partial charge in [0.15, 0.2) is 0 Å². The molecule has 28 heavy (non-hydrogen) atoms. The van der Waals surface area contributed by atoms with Gasteiger partial charge in [-0.2, -0.15) is 0 Å². The Kier molecular flexibility index (Phi) is 5.32. The molecule has 0 bridgehead atoms. The Balaban J connectivity index is 2.11. The summed E-state index contributed by atoms with van der Waals surface area (Å²) in [6.07, 6.45) is 0. The number of phenols is 1. The average Bonchev–Trinajstić information content (AvgIpc) is 2.68. The van der Waals surface area contributed by atoms with Crippen LogP contribution in [0.1, 0.15) is 25.3 Å². The number of hydrogen-bond donors (Lipinski definition) is 1. The first-order valence-electron chi connectivity index (χ1n) is 8.62. The Labute approximate surface area is 165 Å². The quantitative estimate of drug-likeness (QED) is 0.674. The summed E-state index contributed by atoms with van der Waals surface area (Å²) in [4.78, 5) is -0.609. The van der Waals surface area contributed by atoms with Gasteiger partial charge in [0.2, 0.25) is 19.7 Å². The number of rotatable bonds is 5. The third kappa shape index (κ3) is 3.68. The molecule has 0 spiro atoms. The minimum absolute atomic E-state index is 0.0125. The Morgan fingerprint density at radius 3 is 1.79 bits per heavy atom. The Bertz CT molecular complexity index is 1200. The second-order valence-electron chi connectivity index (χ2n) is 6.67. The number of hydrogen-bond acceptors (Lipinski definition) is 5. The molecular formula is C21H20O5S2. The van der Waals surface area contributed by atoms with E-state index in [1.54, 1.807) is 30.3 Å². The first kappa shape index (κ1) is 20.1. The van der Waals surface area contributed by atoms with E-state index in [1.807, 2.05) is 13.8 Å². The highest BCUT2D eigenvalue weighted by molar-refractivity contribution is 7.92. The van der Waals surface area contributed by atoms with E-state index in [1.165, 1.54) is 30.3 Å². The lowest BCUT2D eigenvalue weighted by molar-refractivity contribution is 0.458. The van der Waals surface area contributed by atoms with Gasteiger partial charge < -0.3 is 5.11 Å². The molecule has 0 amide bonds. The van der Waals surface area contributed by atoms with E-state index < -0.39 is 30.3 Å². The van der Waals surface area contributed by atoms with Gasteiger partial charge in [0.25, 0.3) is 0 Å². The Morgan fingerprint density at radius 2 is 1.21 bits per heavy atom. The lowest BCUT2D eigenvalue weighted by atomic mass is 10.0. The average molecular weight is 417 g/mol. The predicted molar refractivity (Wildman–Crippen MR) is 106 cm³/mol. The van der Waals surface area contributed by atoms with Crippen LogP contribution in [0.15, 0.2) is 92.4 Å². The summed E-state index contributed by atoms with van der Waals surface area (Å²) in [5.41, 5.74) is 0.976. The van der Waals surface area contributed by atoms with Crippen molar-refractivity contribution in [2.45, 2.75) is 39.3 Å². The van der Waals surface area contributed by atoms with Crippen molar-refractivity contribution >= 4 is 19.7 Å². The van der Waals surface area contributed by atoms with Gasteiger partial charge in [0.05, 0.1) is 14.7 Å². The van der Waals surface area contributed by atoms with E-state index in [0.29, 0.717) is 0 Å². The van der Waals surface area contributed by atoms with Gasteiger partial charge >= 0.3 is 0 Å². The Hall–Kier alpha value is -2.64. The third-order valence-electron chi connectivity index (χ3n) is 4.44. The first-order valence-corrected chi connectivity index (χ1v) is 11.6. The van der Waals surface area contributed by atoms with Crippen molar-refractivity contribution in [3.05, 3.63) is 78.4 Å². The van der Waals surface area contributed by atoms with E-state index in [0.717, 1.165) is 17.7 Å². The molecule has 0 saturated carbocycles. The van der Waals surface area contributed by atoms with Crippen LogP contribution >= 0.6 is 0 Å². The summed E-state index contributed by atoms with van der Waals surface area (Å²) >= 11 is 0. The summed E-state index contributed by atoms with van der Waals surface area (Å²) in [6, 6.07) is 17.3. The lowest BCUT2D eigenvalue weighted by Gasteiger charge is -2.11. The summed E-state index contributed by atoms with van der Waals surface area (Å²) in [6.45, 7) is 3.99. The highest BCUT2D eigenvalue weighted by Crippen LogP contribution is 2.33. The highest BCUT2D eigenvalue weighted by atomic mass is 32.2. The molecule has 0 aromatic heterocycles. The van der Waals surface area contributed by atoms with E-state index in [2.05, 4.69) is 0 Å². The van der Waals surface area contributed by atoms with Gasteiger partial charge in [0.1, 0.15) is 10.6 Å². The van der Waals surface area contributed by atoms with Crippen LogP contribution in [-0.4, -0.2) is 21.9 Å². The van der Waals surface area contributed by atoms with Crippen LogP contribution in [0.5, 0.6) is 5.75 Å². The summed E-state index contributed by atoms with van der Waals surface area (Å²) in [5.74, 6) is -0.260. The lowest BCUT2D eigenvalue weighted by Crippen LogP contribution is -2.07. The van der Waals surface area contributed by atoms with Crippen molar-refractivity contribution in [1.82, 2.24) is 0 Å². The fourth-order valence-electron chi connectivity index (χ4n) is 2.77. The van der Waals surface area contributed by atoms with Crippen LogP contribution in [0.4, 0.5) is 0 Å². The fourth-order valence-corrected chi connectivity index (χ4v) is 5.53. The number of sulfone groups is 2. The van der Waals surface area contributed by atoms with Gasteiger partial charge in [-0.3, -0.25) is 0 Å². The molecule has 1 N–H and O–H groups in total. The van der Waals surface area contributed by atoms with Gasteiger partial charge in [-0.25, -0.2) is 16.8 Å². The zero-order valence-electron chi connectivity index (χ0n) is 15.4. The molecular weight excluding hydrogens is 396 g/mol.